The first kappa shape index (κ1) is 14.5. The number of unbranched alkanes of at least 4 members (excludes halogenated alkanes) is 1. The van der Waals surface area contributed by atoms with E-state index in [2.05, 4.69) is 22.2 Å². The van der Waals surface area contributed by atoms with E-state index in [0.717, 1.165) is 25.8 Å². The Hall–Kier alpha value is -0.910. The molecule has 0 saturated heterocycles. The first-order chi connectivity index (χ1) is 9.11. The Morgan fingerprint density at radius 1 is 1.16 bits per heavy atom. The Morgan fingerprint density at radius 3 is 2.37 bits per heavy atom. The molecule has 1 aliphatic carbocycles. The molecule has 0 aliphatic heterocycles. The quantitative estimate of drug-likeness (QED) is 0.736. The number of rotatable bonds is 7. The fourth-order valence-electron chi connectivity index (χ4n) is 2.55. The van der Waals surface area contributed by atoms with Crippen LogP contribution in [0.15, 0.2) is 24.3 Å². The molecule has 0 spiro atoms. The summed E-state index contributed by atoms with van der Waals surface area (Å²) in [7, 11) is -1.26. The molecule has 2 N–H and O–H groups in total. The lowest BCUT2D eigenvalue weighted by atomic mass is 10.1. The van der Waals surface area contributed by atoms with Gasteiger partial charge in [-0.25, -0.2) is 13.1 Å². The summed E-state index contributed by atoms with van der Waals surface area (Å²) in [4.78, 5) is 0. The van der Waals surface area contributed by atoms with Gasteiger partial charge in [0, 0.05) is 6.04 Å². The Bertz CT molecular complexity index is 489. The minimum absolute atomic E-state index is 0.0340. The fourth-order valence-corrected chi connectivity index (χ4v) is 3.93. The maximum atomic E-state index is 12.0. The molecule has 0 radical (unpaired) electrons. The van der Waals surface area contributed by atoms with E-state index >= 15 is 0 Å². The second-order valence-electron chi connectivity index (χ2n) is 5.12. The maximum Gasteiger partial charge on any atom is 0.211 e. The van der Waals surface area contributed by atoms with Crippen LogP contribution in [0.4, 0.5) is 0 Å². The predicted molar refractivity (Wildman–Crippen MR) is 77.7 cm³/mol. The van der Waals surface area contributed by atoms with Crippen LogP contribution in [0.1, 0.15) is 24.0 Å². The van der Waals surface area contributed by atoms with Gasteiger partial charge in [-0.15, -0.1) is 0 Å². The van der Waals surface area contributed by atoms with Crippen molar-refractivity contribution in [3.8, 4) is 0 Å². The molecule has 1 aromatic rings. The summed E-state index contributed by atoms with van der Waals surface area (Å²) in [6.45, 7) is 0.865. The van der Waals surface area contributed by atoms with Crippen molar-refractivity contribution in [2.45, 2.75) is 31.7 Å². The highest BCUT2D eigenvalue weighted by molar-refractivity contribution is 7.89. The zero-order valence-corrected chi connectivity index (χ0v) is 12.2. The van der Waals surface area contributed by atoms with E-state index in [0.29, 0.717) is 6.42 Å². The Balaban J connectivity index is 1.82. The third kappa shape index (κ3) is 4.30. The van der Waals surface area contributed by atoms with Gasteiger partial charge in [-0.2, -0.15) is 0 Å². The highest BCUT2D eigenvalue weighted by Gasteiger charge is 2.24. The van der Waals surface area contributed by atoms with Gasteiger partial charge in [0.2, 0.25) is 10.0 Å². The standard InChI is InChI=1S/C14H22N2O2S/c1-15-8-4-5-9-19(17,18)16-14-10-12-6-2-3-7-13(12)11-14/h2-3,6-7,14-16H,4-5,8-11H2,1H3. The normalized spacial score (nSPS) is 15.6. The van der Waals surface area contributed by atoms with E-state index in [1.165, 1.54) is 11.1 Å². The van der Waals surface area contributed by atoms with Crippen LogP contribution in [-0.4, -0.2) is 33.8 Å². The second kappa shape index (κ2) is 6.50. The smallest absolute Gasteiger partial charge is 0.211 e. The first-order valence-electron chi connectivity index (χ1n) is 6.82. The highest BCUT2D eigenvalue weighted by Crippen LogP contribution is 2.22. The van der Waals surface area contributed by atoms with Gasteiger partial charge in [0.1, 0.15) is 0 Å². The van der Waals surface area contributed by atoms with Crippen molar-refractivity contribution >= 4 is 10.0 Å². The molecule has 2 rings (SSSR count). The molecular formula is C14H22N2O2S. The molecule has 0 heterocycles. The molecule has 1 aromatic carbocycles. The SMILES string of the molecule is CNCCCCS(=O)(=O)NC1Cc2ccccc2C1. The van der Waals surface area contributed by atoms with E-state index in [4.69, 9.17) is 0 Å². The van der Waals surface area contributed by atoms with Crippen LogP contribution >= 0.6 is 0 Å². The van der Waals surface area contributed by atoms with Crippen molar-refractivity contribution < 1.29 is 8.42 Å². The van der Waals surface area contributed by atoms with E-state index < -0.39 is 10.0 Å². The average Bonchev–Trinajstić information content (AvgIpc) is 2.75. The van der Waals surface area contributed by atoms with Gasteiger partial charge in [-0.3, -0.25) is 0 Å². The van der Waals surface area contributed by atoms with Crippen molar-refractivity contribution in [3.05, 3.63) is 35.4 Å². The summed E-state index contributed by atoms with van der Waals surface area (Å²) in [6.07, 6.45) is 3.22. The molecule has 19 heavy (non-hydrogen) atoms. The predicted octanol–water partition coefficient (Wildman–Crippen LogP) is 1.07. The van der Waals surface area contributed by atoms with Crippen LogP contribution in [0.25, 0.3) is 0 Å². The minimum Gasteiger partial charge on any atom is -0.320 e. The molecule has 5 heteroatoms. The van der Waals surface area contributed by atoms with Gasteiger partial charge in [-0.1, -0.05) is 24.3 Å². The zero-order chi connectivity index (χ0) is 13.7. The van der Waals surface area contributed by atoms with Crippen LogP contribution in [0.2, 0.25) is 0 Å². The van der Waals surface area contributed by atoms with Crippen LogP contribution < -0.4 is 10.0 Å². The number of benzene rings is 1. The third-order valence-electron chi connectivity index (χ3n) is 3.49. The Kier molecular flexibility index (Phi) is 4.96. The van der Waals surface area contributed by atoms with E-state index in [-0.39, 0.29) is 11.8 Å². The molecule has 0 saturated carbocycles. The summed E-state index contributed by atoms with van der Waals surface area (Å²) in [5.41, 5.74) is 2.54. The van der Waals surface area contributed by atoms with Crippen molar-refractivity contribution in [1.29, 1.82) is 0 Å². The molecule has 0 amide bonds. The van der Waals surface area contributed by atoms with Crippen molar-refractivity contribution in [1.82, 2.24) is 10.0 Å². The average molecular weight is 282 g/mol. The Labute approximate surface area is 115 Å². The molecule has 0 aromatic heterocycles. The van der Waals surface area contributed by atoms with Crippen LogP contribution in [0, 0.1) is 0 Å². The summed E-state index contributed by atoms with van der Waals surface area (Å²) < 4.78 is 26.8. The van der Waals surface area contributed by atoms with Gasteiger partial charge in [0.15, 0.2) is 0 Å². The highest BCUT2D eigenvalue weighted by atomic mass is 32.2. The van der Waals surface area contributed by atoms with Crippen LogP contribution in [-0.2, 0) is 22.9 Å². The largest absolute Gasteiger partial charge is 0.320 e. The topological polar surface area (TPSA) is 58.2 Å². The lowest BCUT2D eigenvalue weighted by Crippen LogP contribution is -2.37. The summed E-state index contributed by atoms with van der Waals surface area (Å²) in [6, 6.07) is 8.21. The van der Waals surface area contributed by atoms with Gasteiger partial charge < -0.3 is 5.32 Å². The lowest BCUT2D eigenvalue weighted by molar-refractivity contribution is 0.551. The fraction of sp³-hybridized carbons (Fsp3) is 0.571. The maximum absolute atomic E-state index is 12.0. The zero-order valence-electron chi connectivity index (χ0n) is 11.4. The van der Waals surface area contributed by atoms with Gasteiger partial charge in [-0.05, 0) is 50.4 Å². The molecule has 0 bridgehead atoms. The van der Waals surface area contributed by atoms with E-state index in [9.17, 15) is 8.42 Å². The van der Waals surface area contributed by atoms with E-state index in [1.54, 1.807) is 0 Å². The molecule has 0 atom stereocenters. The number of nitrogens with one attached hydrogen (secondary N) is 2. The van der Waals surface area contributed by atoms with E-state index in [1.807, 2.05) is 19.2 Å². The minimum atomic E-state index is -3.14. The number of hydrogen-bond donors (Lipinski definition) is 2. The number of sulfonamides is 1. The number of hydrogen-bond acceptors (Lipinski definition) is 3. The summed E-state index contributed by atoms with van der Waals surface area (Å²) in [5, 5.41) is 3.02. The molecular weight excluding hydrogens is 260 g/mol. The molecule has 0 unspecified atom stereocenters. The molecule has 0 fully saturated rings. The monoisotopic (exact) mass is 282 g/mol. The van der Waals surface area contributed by atoms with Crippen LogP contribution in [0.5, 0.6) is 0 Å². The lowest BCUT2D eigenvalue weighted by Gasteiger charge is -2.12. The third-order valence-corrected chi connectivity index (χ3v) is 5.01. The molecule has 106 valence electrons. The number of fused-ring (bicyclic) bond motifs is 1. The van der Waals surface area contributed by atoms with Crippen molar-refractivity contribution in [3.63, 3.8) is 0 Å². The second-order valence-corrected chi connectivity index (χ2v) is 6.99. The van der Waals surface area contributed by atoms with Crippen molar-refractivity contribution in [2.24, 2.45) is 0 Å². The van der Waals surface area contributed by atoms with Gasteiger partial charge >= 0.3 is 0 Å². The molecule has 1 aliphatic rings. The summed E-state index contributed by atoms with van der Waals surface area (Å²) >= 11 is 0. The first-order valence-corrected chi connectivity index (χ1v) is 8.47. The summed E-state index contributed by atoms with van der Waals surface area (Å²) in [5.74, 6) is 0.224. The van der Waals surface area contributed by atoms with Crippen LogP contribution in [0.3, 0.4) is 0 Å². The molecule has 4 nitrogen and oxygen atoms in total. The Morgan fingerprint density at radius 2 is 1.79 bits per heavy atom. The van der Waals surface area contributed by atoms with Gasteiger partial charge in [0.05, 0.1) is 5.75 Å². The van der Waals surface area contributed by atoms with Crippen molar-refractivity contribution in [2.75, 3.05) is 19.3 Å². The van der Waals surface area contributed by atoms with Gasteiger partial charge in [0.25, 0.3) is 0 Å².